The summed E-state index contributed by atoms with van der Waals surface area (Å²) in [6, 6.07) is 19.5. The molecule has 2 aromatic carbocycles. The van der Waals surface area contributed by atoms with Crippen LogP contribution in [0.3, 0.4) is 0 Å². The predicted molar refractivity (Wildman–Crippen MR) is 113 cm³/mol. The molecule has 5 nitrogen and oxygen atoms in total. The average molecular weight is 395 g/mol. The van der Waals surface area contributed by atoms with E-state index in [-0.39, 0.29) is 5.91 Å². The Morgan fingerprint density at radius 1 is 0.929 bits per heavy atom. The van der Waals surface area contributed by atoms with E-state index < -0.39 is 0 Å². The summed E-state index contributed by atoms with van der Waals surface area (Å²) in [5.41, 5.74) is 3.47. The van der Waals surface area contributed by atoms with Crippen LogP contribution in [0, 0.1) is 6.92 Å². The standard InChI is InChI=1S/C22H23ClN4O/c1-16-15-20(21(28)24-13-11-17-5-3-2-4-6-17)27-22(26-16)25-14-12-18-7-9-19(23)10-8-18/h2-10,15H,11-14H2,1H3,(H,24,28)(H,25,26,27). The van der Waals surface area contributed by atoms with E-state index in [4.69, 9.17) is 11.6 Å². The summed E-state index contributed by atoms with van der Waals surface area (Å²) in [6.45, 7) is 3.08. The van der Waals surface area contributed by atoms with Crippen molar-refractivity contribution in [3.05, 3.63) is 88.2 Å². The molecule has 0 fully saturated rings. The normalized spacial score (nSPS) is 10.5. The van der Waals surface area contributed by atoms with Gasteiger partial charge in [-0.2, -0.15) is 0 Å². The van der Waals surface area contributed by atoms with Crippen molar-refractivity contribution >= 4 is 23.5 Å². The second-order valence-corrected chi connectivity index (χ2v) is 6.95. The van der Waals surface area contributed by atoms with Crippen molar-refractivity contribution in [1.29, 1.82) is 0 Å². The van der Waals surface area contributed by atoms with Crippen LogP contribution in [-0.4, -0.2) is 29.0 Å². The lowest BCUT2D eigenvalue weighted by Crippen LogP contribution is -2.27. The Kier molecular flexibility index (Phi) is 6.98. The van der Waals surface area contributed by atoms with Gasteiger partial charge in [-0.1, -0.05) is 54.1 Å². The molecule has 0 aliphatic rings. The Bertz CT molecular complexity index is 914. The Labute approximate surface area is 170 Å². The minimum atomic E-state index is -0.192. The Balaban J connectivity index is 1.52. The fourth-order valence-corrected chi connectivity index (χ4v) is 2.92. The van der Waals surface area contributed by atoms with Crippen LogP contribution in [0.1, 0.15) is 27.3 Å². The van der Waals surface area contributed by atoms with Crippen molar-refractivity contribution in [3.8, 4) is 0 Å². The van der Waals surface area contributed by atoms with E-state index in [0.29, 0.717) is 24.7 Å². The first-order valence-electron chi connectivity index (χ1n) is 9.26. The molecule has 6 heteroatoms. The zero-order chi connectivity index (χ0) is 19.8. The van der Waals surface area contributed by atoms with E-state index in [9.17, 15) is 4.79 Å². The highest BCUT2D eigenvalue weighted by Gasteiger charge is 2.10. The molecular weight excluding hydrogens is 372 g/mol. The smallest absolute Gasteiger partial charge is 0.270 e. The third kappa shape index (κ3) is 6.06. The summed E-state index contributed by atoms with van der Waals surface area (Å²) in [4.78, 5) is 21.1. The number of hydrogen-bond donors (Lipinski definition) is 2. The maximum absolute atomic E-state index is 12.4. The molecule has 3 rings (SSSR count). The molecule has 1 amide bonds. The van der Waals surface area contributed by atoms with Gasteiger partial charge < -0.3 is 10.6 Å². The van der Waals surface area contributed by atoms with Crippen molar-refractivity contribution in [2.75, 3.05) is 18.4 Å². The van der Waals surface area contributed by atoms with Gasteiger partial charge in [-0.05, 0) is 49.1 Å². The highest BCUT2D eigenvalue weighted by molar-refractivity contribution is 6.30. The third-order valence-electron chi connectivity index (χ3n) is 4.24. The first-order chi connectivity index (χ1) is 13.6. The fourth-order valence-electron chi connectivity index (χ4n) is 2.79. The largest absolute Gasteiger partial charge is 0.354 e. The third-order valence-corrected chi connectivity index (χ3v) is 4.49. The van der Waals surface area contributed by atoms with Gasteiger partial charge in [0, 0.05) is 23.8 Å². The Morgan fingerprint density at radius 3 is 2.36 bits per heavy atom. The van der Waals surface area contributed by atoms with E-state index in [1.54, 1.807) is 6.07 Å². The number of aromatic nitrogens is 2. The molecule has 0 spiro atoms. The summed E-state index contributed by atoms with van der Waals surface area (Å²) in [5, 5.41) is 6.83. The van der Waals surface area contributed by atoms with Crippen LogP contribution in [0.2, 0.25) is 5.02 Å². The molecule has 1 heterocycles. The van der Waals surface area contributed by atoms with E-state index >= 15 is 0 Å². The molecular formula is C22H23ClN4O. The average Bonchev–Trinajstić information content (AvgIpc) is 2.70. The van der Waals surface area contributed by atoms with Crippen LogP contribution in [0.15, 0.2) is 60.7 Å². The van der Waals surface area contributed by atoms with Crippen LogP contribution < -0.4 is 10.6 Å². The lowest BCUT2D eigenvalue weighted by molar-refractivity contribution is 0.0949. The molecule has 0 saturated carbocycles. The number of rotatable bonds is 8. The van der Waals surface area contributed by atoms with Gasteiger partial charge in [-0.25, -0.2) is 9.97 Å². The second-order valence-electron chi connectivity index (χ2n) is 6.51. The molecule has 3 aromatic rings. The molecule has 0 atom stereocenters. The van der Waals surface area contributed by atoms with Crippen molar-refractivity contribution < 1.29 is 4.79 Å². The van der Waals surface area contributed by atoms with Crippen LogP contribution in [0.25, 0.3) is 0 Å². The molecule has 28 heavy (non-hydrogen) atoms. The minimum absolute atomic E-state index is 0.192. The number of amides is 1. The molecule has 0 unspecified atom stereocenters. The summed E-state index contributed by atoms with van der Waals surface area (Å²) in [5.74, 6) is 0.268. The van der Waals surface area contributed by atoms with Gasteiger partial charge in [0.15, 0.2) is 0 Å². The van der Waals surface area contributed by atoms with Crippen molar-refractivity contribution in [2.45, 2.75) is 19.8 Å². The highest BCUT2D eigenvalue weighted by Crippen LogP contribution is 2.10. The lowest BCUT2D eigenvalue weighted by atomic mass is 10.1. The van der Waals surface area contributed by atoms with Crippen LogP contribution >= 0.6 is 11.6 Å². The number of aryl methyl sites for hydroxylation is 1. The molecule has 0 aliphatic heterocycles. The summed E-state index contributed by atoms with van der Waals surface area (Å²) in [7, 11) is 0. The fraction of sp³-hybridized carbons (Fsp3) is 0.227. The SMILES string of the molecule is Cc1cc(C(=O)NCCc2ccccc2)nc(NCCc2ccc(Cl)cc2)n1. The van der Waals surface area contributed by atoms with Crippen molar-refractivity contribution in [1.82, 2.24) is 15.3 Å². The number of nitrogens with zero attached hydrogens (tertiary/aromatic N) is 2. The lowest BCUT2D eigenvalue weighted by Gasteiger charge is -2.09. The summed E-state index contributed by atoms with van der Waals surface area (Å²) in [6.07, 6.45) is 1.59. The number of benzene rings is 2. The zero-order valence-electron chi connectivity index (χ0n) is 15.8. The van der Waals surface area contributed by atoms with Gasteiger partial charge in [-0.15, -0.1) is 0 Å². The molecule has 0 saturated heterocycles. The van der Waals surface area contributed by atoms with Gasteiger partial charge in [0.05, 0.1) is 0 Å². The van der Waals surface area contributed by atoms with Gasteiger partial charge in [0.25, 0.3) is 5.91 Å². The first kappa shape index (κ1) is 19.8. The quantitative estimate of drug-likeness (QED) is 0.604. The number of carbonyl (C=O) groups excluding carboxylic acids is 1. The number of nitrogens with one attached hydrogen (secondary N) is 2. The summed E-state index contributed by atoms with van der Waals surface area (Å²) >= 11 is 5.90. The monoisotopic (exact) mass is 394 g/mol. The molecule has 2 N–H and O–H groups in total. The van der Waals surface area contributed by atoms with Crippen molar-refractivity contribution in [3.63, 3.8) is 0 Å². The van der Waals surface area contributed by atoms with Crippen molar-refractivity contribution in [2.24, 2.45) is 0 Å². The van der Waals surface area contributed by atoms with E-state index in [1.807, 2.05) is 61.5 Å². The van der Waals surface area contributed by atoms with E-state index in [0.717, 1.165) is 23.6 Å². The number of halogens is 1. The van der Waals surface area contributed by atoms with Crippen LogP contribution in [0.4, 0.5) is 5.95 Å². The van der Waals surface area contributed by atoms with Gasteiger partial charge in [-0.3, -0.25) is 4.79 Å². The van der Waals surface area contributed by atoms with Gasteiger partial charge in [0.1, 0.15) is 5.69 Å². The van der Waals surface area contributed by atoms with Crippen LogP contribution in [-0.2, 0) is 12.8 Å². The summed E-state index contributed by atoms with van der Waals surface area (Å²) < 4.78 is 0. The van der Waals surface area contributed by atoms with E-state index in [1.165, 1.54) is 11.1 Å². The number of carbonyl (C=O) groups is 1. The number of anilines is 1. The molecule has 0 bridgehead atoms. The first-order valence-corrected chi connectivity index (χ1v) is 9.64. The highest BCUT2D eigenvalue weighted by atomic mass is 35.5. The second kappa shape index (κ2) is 9.85. The van der Waals surface area contributed by atoms with E-state index in [2.05, 4.69) is 20.6 Å². The predicted octanol–water partition coefficient (Wildman–Crippen LogP) is 4.07. The molecule has 0 aliphatic carbocycles. The van der Waals surface area contributed by atoms with Gasteiger partial charge in [0.2, 0.25) is 5.95 Å². The Morgan fingerprint density at radius 2 is 1.61 bits per heavy atom. The van der Waals surface area contributed by atoms with Gasteiger partial charge >= 0.3 is 0 Å². The zero-order valence-corrected chi connectivity index (χ0v) is 16.5. The topological polar surface area (TPSA) is 66.9 Å². The minimum Gasteiger partial charge on any atom is -0.354 e. The van der Waals surface area contributed by atoms with Crippen LogP contribution in [0.5, 0.6) is 0 Å². The molecule has 1 aromatic heterocycles. The molecule has 144 valence electrons. The maximum atomic E-state index is 12.4. The maximum Gasteiger partial charge on any atom is 0.270 e. The Hall–Kier alpha value is -2.92. The molecule has 0 radical (unpaired) electrons. The number of hydrogen-bond acceptors (Lipinski definition) is 4.